The lowest BCUT2D eigenvalue weighted by molar-refractivity contribution is -0.136. The van der Waals surface area contributed by atoms with E-state index in [9.17, 15) is 19.2 Å². The molecule has 152 valence electrons. The Hall–Kier alpha value is -4.47. The lowest BCUT2D eigenvalue weighted by Crippen LogP contribution is -2.33. The van der Waals surface area contributed by atoms with Crippen LogP contribution in [0.15, 0.2) is 65.6 Å². The number of ether oxygens (including phenoxy) is 1. The Kier molecular flexibility index (Phi) is 6.18. The summed E-state index contributed by atoms with van der Waals surface area (Å²) in [5.74, 6) is -0.780. The van der Waals surface area contributed by atoms with E-state index >= 15 is 0 Å². The lowest BCUT2D eigenvalue weighted by atomic mass is 10.2. The fourth-order valence-corrected chi connectivity index (χ4v) is 2.46. The van der Waals surface area contributed by atoms with E-state index in [2.05, 4.69) is 15.3 Å². The third kappa shape index (κ3) is 5.07. The molecule has 3 rings (SSSR count). The molecule has 0 bridgehead atoms. The first-order valence-electron chi connectivity index (χ1n) is 8.63. The minimum absolute atomic E-state index is 0.153. The normalized spacial score (nSPS) is 10.1. The monoisotopic (exact) mass is 408 g/mol. The van der Waals surface area contributed by atoms with Gasteiger partial charge >= 0.3 is 5.97 Å². The van der Waals surface area contributed by atoms with Crippen LogP contribution in [0.4, 0.5) is 11.6 Å². The Morgan fingerprint density at radius 3 is 2.37 bits per heavy atom. The van der Waals surface area contributed by atoms with Gasteiger partial charge < -0.3 is 9.84 Å². The molecule has 1 heterocycles. The van der Waals surface area contributed by atoms with E-state index in [4.69, 9.17) is 9.84 Å². The molecule has 0 fully saturated rings. The zero-order valence-electron chi connectivity index (χ0n) is 15.4. The maximum absolute atomic E-state index is 12.4. The number of aromatic nitrogens is 2. The molecule has 0 radical (unpaired) electrons. The molecule has 10 heteroatoms. The van der Waals surface area contributed by atoms with Crippen molar-refractivity contribution in [3.8, 4) is 11.5 Å². The molecule has 0 spiro atoms. The van der Waals surface area contributed by atoms with Crippen molar-refractivity contribution in [2.24, 2.45) is 0 Å². The number of hydrogen-bond acceptors (Lipinski definition) is 6. The highest BCUT2D eigenvalue weighted by molar-refractivity contribution is 6.03. The number of benzene rings is 2. The molecular weight excluding hydrogens is 392 g/mol. The molecule has 30 heavy (non-hydrogen) atoms. The summed E-state index contributed by atoms with van der Waals surface area (Å²) < 4.78 is 5.65. The van der Waals surface area contributed by atoms with Crippen molar-refractivity contribution in [1.82, 2.24) is 9.97 Å². The molecular formula is C20H16N4O6. The summed E-state index contributed by atoms with van der Waals surface area (Å²) in [6, 6.07) is 15.5. The number of aromatic amines is 1. The number of nitrogens with one attached hydrogen (secondary N) is 2. The van der Waals surface area contributed by atoms with Gasteiger partial charge in [0.25, 0.3) is 11.5 Å². The highest BCUT2D eigenvalue weighted by Gasteiger charge is 2.15. The predicted molar refractivity (Wildman–Crippen MR) is 107 cm³/mol. The van der Waals surface area contributed by atoms with Crippen LogP contribution in [0.2, 0.25) is 0 Å². The molecule has 2 aromatic carbocycles. The molecule has 0 atom stereocenters. The number of nitrogens with zero attached hydrogens (tertiary/aromatic N) is 2. The van der Waals surface area contributed by atoms with E-state index in [1.54, 1.807) is 36.4 Å². The first-order chi connectivity index (χ1) is 14.5. The first kappa shape index (κ1) is 20.3. The van der Waals surface area contributed by atoms with Gasteiger partial charge in [0.2, 0.25) is 12.4 Å². The summed E-state index contributed by atoms with van der Waals surface area (Å²) in [5.41, 5.74) is -0.740. The Labute approximate surface area is 169 Å². The molecule has 0 saturated heterocycles. The van der Waals surface area contributed by atoms with Gasteiger partial charge in [-0.1, -0.05) is 18.2 Å². The van der Waals surface area contributed by atoms with Crippen molar-refractivity contribution < 1.29 is 24.2 Å². The number of carbonyl (C=O) groups excluding carboxylic acids is 2. The molecule has 0 aliphatic heterocycles. The zero-order valence-corrected chi connectivity index (χ0v) is 15.4. The third-order valence-corrected chi connectivity index (χ3v) is 3.85. The van der Waals surface area contributed by atoms with E-state index < -0.39 is 24.0 Å². The van der Waals surface area contributed by atoms with Crippen molar-refractivity contribution >= 4 is 29.9 Å². The van der Waals surface area contributed by atoms with Gasteiger partial charge in [-0.15, -0.1) is 0 Å². The highest BCUT2D eigenvalue weighted by atomic mass is 16.5. The molecule has 0 saturated carbocycles. The van der Waals surface area contributed by atoms with E-state index in [-0.39, 0.29) is 18.0 Å². The van der Waals surface area contributed by atoms with E-state index in [0.717, 1.165) is 6.20 Å². The molecule has 2 amide bonds. The zero-order chi connectivity index (χ0) is 21.5. The molecule has 0 aliphatic rings. The van der Waals surface area contributed by atoms with Crippen LogP contribution in [0.25, 0.3) is 0 Å². The van der Waals surface area contributed by atoms with Crippen LogP contribution in [0, 0.1) is 0 Å². The highest BCUT2D eigenvalue weighted by Crippen LogP contribution is 2.21. The summed E-state index contributed by atoms with van der Waals surface area (Å²) in [4.78, 5) is 53.0. The fourth-order valence-electron chi connectivity index (χ4n) is 2.46. The summed E-state index contributed by atoms with van der Waals surface area (Å²) in [5, 5.41) is 11.2. The van der Waals surface area contributed by atoms with Gasteiger partial charge in [-0.2, -0.15) is 0 Å². The van der Waals surface area contributed by atoms with Gasteiger partial charge in [-0.3, -0.25) is 34.4 Å². The number of hydrogen-bond donors (Lipinski definition) is 3. The average Bonchev–Trinajstić information content (AvgIpc) is 2.73. The number of rotatable bonds is 8. The van der Waals surface area contributed by atoms with Crippen molar-refractivity contribution in [3.63, 3.8) is 0 Å². The first-order valence-corrected chi connectivity index (χ1v) is 8.63. The van der Waals surface area contributed by atoms with Crippen LogP contribution < -0.4 is 20.5 Å². The number of carboxylic acids is 1. The second-order valence-corrected chi connectivity index (χ2v) is 5.97. The van der Waals surface area contributed by atoms with Crippen molar-refractivity contribution in [1.29, 1.82) is 0 Å². The maximum atomic E-state index is 12.4. The minimum Gasteiger partial charge on any atom is -0.480 e. The number of para-hydroxylation sites is 1. The Balaban J connectivity index is 1.68. The summed E-state index contributed by atoms with van der Waals surface area (Å²) >= 11 is 0. The number of carboxylic acid groups (broad SMARTS) is 1. The second-order valence-electron chi connectivity index (χ2n) is 5.97. The molecule has 3 N–H and O–H groups in total. The summed E-state index contributed by atoms with van der Waals surface area (Å²) in [6.45, 7) is -0.697. The third-order valence-electron chi connectivity index (χ3n) is 3.85. The predicted octanol–water partition coefficient (Wildman–Crippen LogP) is 1.86. The summed E-state index contributed by atoms with van der Waals surface area (Å²) in [6.07, 6.45) is 1.21. The van der Waals surface area contributed by atoms with Crippen LogP contribution in [-0.2, 0) is 9.59 Å². The van der Waals surface area contributed by atoms with E-state index in [1.165, 1.54) is 0 Å². The quantitative estimate of drug-likeness (QED) is 0.483. The SMILES string of the molecule is O=CN(CC(=O)O)c1cnc(NC(=O)c2ccc(Oc3ccccc3)cc2)[nH]c1=O. The Morgan fingerprint density at radius 1 is 1.10 bits per heavy atom. The van der Waals surface area contributed by atoms with Crippen LogP contribution in [0.3, 0.4) is 0 Å². The molecule has 10 nitrogen and oxygen atoms in total. The van der Waals surface area contributed by atoms with Crippen molar-refractivity contribution in [3.05, 3.63) is 76.7 Å². The number of carbonyl (C=O) groups is 3. The molecule has 0 aliphatic carbocycles. The molecule has 3 aromatic rings. The average molecular weight is 408 g/mol. The Morgan fingerprint density at radius 2 is 1.77 bits per heavy atom. The Bertz CT molecular complexity index is 1110. The second kappa shape index (κ2) is 9.15. The van der Waals surface area contributed by atoms with Gasteiger partial charge in [0.05, 0.1) is 6.20 Å². The van der Waals surface area contributed by atoms with Crippen molar-refractivity contribution in [2.75, 3.05) is 16.8 Å². The van der Waals surface area contributed by atoms with E-state index in [1.807, 2.05) is 18.2 Å². The number of anilines is 2. The van der Waals surface area contributed by atoms with Gasteiger partial charge in [0.15, 0.2) is 0 Å². The van der Waals surface area contributed by atoms with Crippen LogP contribution in [-0.4, -0.2) is 39.9 Å². The van der Waals surface area contributed by atoms with Crippen molar-refractivity contribution in [2.45, 2.75) is 0 Å². The minimum atomic E-state index is -1.29. The van der Waals surface area contributed by atoms with E-state index in [0.29, 0.717) is 22.0 Å². The van der Waals surface area contributed by atoms with Gasteiger partial charge in [-0.05, 0) is 36.4 Å². The van der Waals surface area contributed by atoms with Gasteiger partial charge in [-0.25, -0.2) is 4.98 Å². The molecule has 1 aromatic heterocycles. The summed E-state index contributed by atoms with van der Waals surface area (Å²) in [7, 11) is 0. The van der Waals surface area contributed by atoms with Crippen LogP contribution in [0.1, 0.15) is 10.4 Å². The lowest BCUT2D eigenvalue weighted by Gasteiger charge is -2.13. The number of amides is 2. The molecule has 0 unspecified atom stereocenters. The largest absolute Gasteiger partial charge is 0.480 e. The number of H-pyrrole nitrogens is 1. The standard InChI is InChI=1S/C20H16N4O6/c25-12-24(11-17(26)27)16-10-21-20(23-19(16)29)22-18(28)13-6-8-15(9-7-13)30-14-4-2-1-3-5-14/h1-10,12H,11H2,(H,26,27)(H2,21,22,23,28,29). The van der Waals surface area contributed by atoms with Crippen LogP contribution >= 0.6 is 0 Å². The van der Waals surface area contributed by atoms with Gasteiger partial charge in [0, 0.05) is 5.56 Å². The number of aliphatic carboxylic acids is 1. The topological polar surface area (TPSA) is 142 Å². The smallest absolute Gasteiger partial charge is 0.323 e. The fraction of sp³-hybridized carbons (Fsp3) is 0.0500. The maximum Gasteiger partial charge on any atom is 0.323 e. The van der Waals surface area contributed by atoms with Crippen LogP contribution in [0.5, 0.6) is 11.5 Å². The van der Waals surface area contributed by atoms with Gasteiger partial charge in [0.1, 0.15) is 23.7 Å².